The molecule has 0 aromatic carbocycles. The van der Waals surface area contributed by atoms with Crippen LogP contribution in [0, 0.1) is 11.8 Å². The van der Waals surface area contributed by atoms with Gasteiger partial charge in [0.05, 0.1) is 23.1 Å². The Labute approximate surface area is 182 Å². The summed E-state index contributed by atoms with van der Waals surface area (Å²) in [7, 11) is 0. The Bertz CT molecular complexity index is 866. The number of pyridine rings is 1. The molecule has 0 atom stereocenters. The number of aromatic nitrogens is 3. The molecular formula is C22H28ClN5O2. The van der Waals surface area contributed by atoms with Gasteiger partial charge in [-0.15, -0.1) is 0 Å². The summed E-state index contributed by atoms with van der Waals surface area (Å²) < 4.78 is 5.42. The third-order valence-electron chi connectivity index (χ3n) is 5.89. The fourth-order valence-corrected chi connectivity index (χ4v) is 4.22. The number of hydrogen-bond acceptors (Lipinski definition) is 7. The lowest BCUT2D eigenvalue weighted by Gasteiger charge is -2.22. The maximum atomic E-state index is 12.6. The lowest BCUT2D eigenvalue weighted by Crippen LogP contribution is -2.32. The van der Waals surface area contributed by atoms with Crippen LogP contribution in [0.15, 0.2) is 24.7 Å². The molecule has 2 aromatic heterocycles. The van der Waals surface area contributed by atoms with Gasteiger partial charge in [-0.3, -0.25) is 14.8 Å². The molecule has 8 heteroatoms. The van der Waals surface area contributed by atoms with E-state index in [0.29, 0.717) is 23.1 Å². The molecule has 30 heavy (non-hydrogen) atoms. The van der Waals surface area contributed by atoms with Gasteiger partial charge in [0, 0.05) is 49.6 Å². The van der Waals surface area contributed by atoms with Crippen LogP contribution in [-0.4, -0.2) is 53.6 Å². The highest BCUT2D eigenvalue weighted by Crippen LogP contribution is 2.27. The van der Waals surface area contributed by atoms with Crippen molar-refractivity contribution in [3.8, 4) is 11.3 Å². The summed E-state index contributed by atoms with van der Waals surface area (Å²) in [6.45, 7) is 4.30. The first-order valence-corrected chi connectivity index (χ1v) is 11.1. The van der Waals surface area contributed by atoms with Crippen LogP contribution in [0.3, 0.4) is 0 Å². The molecule has 2 fully saturated rings. The molecule has 0 saturated carbocycles. The van der Waals surface area contributed by atoms with Gasteiger partial charge in [-0.1, -0.05) is 11.6 Å². The minimum absolute atomic E-state index is 0.115. The summed E-state index contributed by atoms with van der Waals surface area (Å²) in [5.74, 6) is 1.67. The molecule has 2 aliphatic heterocycles. The number of hydrogen-bond donors (Lipinski definition) is 2. The Balaban J connectivity index is 1.45. The summed E-state index contributed by atoms with van der Waals surface area (Å²) >= 11 is 6.41. The maximum Gasteiger partial charge on any atom is 0.145 e. The number of nitrogens with zero attached hydrogens (tertiary/aromatic N) is 3. The van der Waals surface area contributed by atoms with E-state index in [-0.39, 0.29) is 11.7 Å². The first-order chi connectivity index (χ1) is 14.7. The van der Waals surface area contributed by atoms with Crippen molar-refractivity contribution < 1.29 is 9.53 Å². The normalized spacial score (nSPS) is 18.3. The van der Waals surface area contributed by atoms with Crippen molar-refractivity contribution in [1.29, 1.82) is 0 Å². The van der Waals surface area contributed by atoms with Crippen LogP contribution < -0.4 is 10.6 Å². The number of rotatable bonds is 7. The van der Waals surface area contributed by atoms with Gasteiger partial charge in [0.1, 0.15) is 11.6 Å². The fourth-order valence-electron chi connectivity index (χ4n) is 4.02. The lowest BCUT2D eigenvalue weighted by atomic mass is 9.91. The molecular weight excluding hydrogens is 402 g/mol. The molecule has 2 N–H and O–H groups in total. The molecule has 4 rings (SSSR count). The third-order valence-corrected chi connectivity index (χ3v) is 6.19. The second-order valence-electron chi connectivity index (χ2n) is 8.05. The number of carbonyl (C=O) groups excluding carboxylic acids is 1. The van der Waals surface area contributed by atoms with E-state index in [1.165, 1.54) is 0 Å². The molecule has 0 amide bonds. The molecule has 2 saturated heterocycles. The van der Waals surface area contributed by atoms with Gasteiger partial charge < -0.3 is 15.4 Å². The zero-order chi connectivity index (χ0) is 20.8. The van der Waals surface area contributed by atoms with Crippen molar-refractivity contribution >= 4 is 23.2 Å². The van der Waals surface area contributed by atoms with Crippen LogP contribution in [0.5, 0.6) is 0 Å². The van der Waals surface area contributed by atoms with E-state index in [1.807, 2.05) is 6.07 Å². The number of ketones is 1. The topological polar surface area (TPSA) is 89.0 Å². The van der Waals surface area contributed by atoms with Gasteiger partial charge in [-0.05, 0) is 50.8 Å². The van der Waals surface area contributed by atoms with Crippen LogP contribution in [0.25, 0.3) is 11.3 Å². The number of carbonyl (C=O) groups is 1. The Morgan fingerprint density at radius 1 is 1.17 bits per heavy atom. The Morgan fingerprint density at radius 2 is 1.97 bits per heavy atom. The molecule has 4 heterocycles. The van der Waals surface area contributed by atoms with Crippen molar-refractivity contribution in [3.63, 3.8) is 0 Å². The van der Waals surface area contributed by atoms with Crippen molar-refractivity contribution in [2.75, 3.05) is 38.2 Å². The van der Waals surface area contributed by atoms with Gasteiger partial charge in [-0.2, -0.15) is 0 Å². The Morgan fingerprint density at radius 3 is 2.77 bits per heavy atom. The van der Waals surface area contributed by atoms with Crippen LogP contribution in [0.4, 0.5) is 5.82 Å². The Kier molecular flexibility index (Phi) is 7.25. The van der Waals surface area contributed by atoms with Crippen molar-refractivity contribution in [2.24, 2.45) is 11.8 Å². The van der Waals surface area contributed by atoms with Crippen molar-refractivity contribution in [1.82, 2.24) is 20.3 Å². The average molecular weight is 430 g/mol. The van der Waals surface area contributed by atoms with E-state index < -0.39 is 0 Å². The number of halogens is 1. The lowest BCUT2D eigenvalue weighted by molar-refractivity contribution is -0.123. The van der Waals surface area contributed by atoms with Gasteiger partial charge >= 0.3 is 0 Å². The molecule has 0 spiro atoms. The minimum Gasteiger partial charge on any atom is -0.381 e. The quantitative estimate of drug-likeness (QED) is 0.698. The Hall–Kier alpha value is -2.09. The van der Waals surface area contributed by atoms with Gasteiger partial charge in [0.2, 0.25) is 0 Å². The zero-order valence-corrected chi connectivity index (χ0v) is 17.8. The summed E-state index contributed by atoms with van der Waals surface area (Å²) in [5.41, 5.74) is 2.15. The van der Waals surface area contributed by atoms with Crippen LogP contribution in [0.2, 0.25) is 5.02 Å². The second kappa shape index (κ2) is 10.3. The smallest absolute Gasteiger partial charge is 0.145 e. The van der Waals surface area contributed by atoms with Crippen molar-refractivity contribution in [2.45, 2.75) is 32.1 Å². The summed E-state index contributed by atoms with van der Waals surface area (Å²) in [4.78, 5) is 26.0. The standard InChI is InChI=1S/C22H28ClN5O2/c23-19-12-26-17(10-21(29)16-1-5-24-6-2-16)9-18(19)20-13-25-14-22(28-20)27-11-15-3-7-30-8-4-15/h9,12-16,24H,1-8,10-11H2,(H,27,28). The van der Waals surface area contributed by atoms with Gasteiger partial charge in [0.15, 0.2) is 0 Å². The number of ether oxygens (including phenoxy) is 1. The summed E-state index contributed by atoms with van der Waals surface area (Å²) in [6.07, 6.45) is 9.25. The van der Waals surface area contributed by atoms with E-state index in [9.17, 15) is 4.79 Å². The first kappa shape index (κ1) is 21.2. The zero-order valence-electron chi connectivity index (χ0n) is 17.1. The van der Waals surface area contributed by atoms with Crippen LogP contribution in [0.1, 0.15) is 31.4 Å². The molecule has 0 aliphatic carbocycles. The largest absolute Gasteiger partial charge is 0.381 e. The predicted octanol–water partition coefficient (Wildman–Crippen LogP) is 3.14. The van der Waals surface area contributed by atoms with Crippen molar-refractivity contribution in [3.05, 3.63) is 35.4 Å². The molecule has 7 nitrogen and oxygen atoms in total. The number of nitrogens with one attached hydrogen (secondary N) is 2. The van der Waals surface area contributed by atoms with Crippen LogP contribution >= 0.6 is 11.6 Å². The molecule has 2 aromatic rings. The highest BCUT2D eigenvalue weighted by molar-refractivity contribution is 6.33. The summed E-state index contributed by atoms with van der Waals surface area (Å²) in [5, 5.41) is 7.18. The van der Waals surface area contributed by atoms with E-state index in [0.717, 1.165) is 75.6 Å². The maximum absolute atomic E-state index is 12.6. The molecule has 0 bridgehead atoms. The van der Waals surface area contributed by atoms with E-state index >= 15 is 0 Å². The number of Topliss-reactive ketones (excluding diaryl/α,β-unsaturated/α-hetero) is 1. The van der Waals surface area contributed by atoms with Gasteiger partial charge in [-0.25, -0.2) is 4.98 Å². The number of anilines is 1. The number of piperidine rings is 1. The molecule has 0 unspecified atom stereocenters. The fraction of sp³-hybridized carbons (Fsp3) is 0.545. The average Bonchev–Trinajstić information content (AvgIpc) is 2.80. The van der Waals surface area contributed by atoms with Crippen LogP contribution in [-0.2, 0) is 16.0 Å². The second-order valence-corrected chi connectivity index (χ2v) is 8.46. The molecule has 160 valence electrons. The minimum atomic E-state index is 0.115. The summed E-state index contributed by atoms with van der Waals surface area (Å²) in [6, 6.07) is 1.87. The molecule has 2 aliphatic rings. The third kappa shape index (κ3) is 5.53. The molecule has 0 radical (unpaired) electrons. The predicted molar refractivity (Wildman–Crippen MR) is 117 cm³/mol. The van der Waals surface area contributed by atoms with E-state index in [4.69, 9.17) is 16.3 Å². The first-order valence-electron chi connectivity index (χ1n) is 10.7. The van der Waals surface area contributed by atoms with E-state index in [1.54, 1.807) is 18.6 Å². The SMILES string of the molecule is O=C(Cc1cc(-c2cncc(NCC3CCOCC3)n2)c(Cl)cn1)C1CCNCC1. The van der Waals surface area contributed by atoms with Gasteiger partial charge in [0.25, 0.3) is 0 Å². The highest BCUT2D eigenvalue weighted by atomic mass is 35.5. The monoisotopic (exact) mass is 429 g/mol. The van der Waals surface area contributed by atoms with E-state index in [2.05, 4.69) is 25.6 Å². The highest BCUT2D eigenvalue weighted by Gasteiger charge is 2.22.